The highest BCUT2D eigenvalue weighted by atomic mass is 16.6. The van der Waals surface area contributed by atoms with Gasteiger partial charge in [-0.05, 0) is 194 Å². The van der Waals surface area contributed by atoms with Crippen LogP contribution in [0.4, 0.5) is 19.2 Å². The van der Waals surface area contributed by atoms with Gasteiger partial charge in [0, 0.05) is 39.2 Å². The molecule has 0 heterocycles. The lowest BCUT2D eigenvalue weighted by Crippen LogP contribution is -2.45. The second-order valence-corrected chi connectivity index (χ2v) is 24.4. The number of carboxylic acids is 2. The molecular weight excluding hydrogens is 1060 g/mol. The molecule has 0 rings (SSSR count). The van der Waals surface area contributed by atoms with Crippen LogP contribution in [0.25, 0.3) is 0 Å². The van der Waals surface area contributed by atoms with Crippen LogP contribution in [0.15, 0.2) is 0 Å². The van der Waals surface area contributed by atoms with Crippen molar-refractivity contribution in [2.75, 3.05) is 39.8 Å². The summed E-state index contributed by atoms with van der Waals surface area (Å²) in [5.41, 5.74) is 13.2. The molecule has 1 unspecified atom stereocenters. The molecule has 81 heavy (non-hydrogen) atoms. The number of amides is 6. The van der Waals surface area contributed by atoms with E-state index in [2.05, 4.69) is 31.9 Å². The van der Waals surface area contributed by atoms with Crippen molar-refractivity contribution in [3.05, 3.63) is 0 Å². The molecule has 26 nitrogen and oxygen atoms in total. The van der Waals surface area contributed by atoms with Crippen molar-refractivity contribution in [1.29, 1.82) is 0 Å². The molecule has 0 aliphatic heterocycles. The number of ether oxygens (including phenoxy) is 6. The number of carbonyl (C=O) groups is 9. The van der Waals surface area contributed by atoms with Gasteiger partial charge in [0.25, 0.3) is 0 Å². The molecule has 0 saturated carbocycles. The van der Waals surface area contributed by atoms with Gasteiger partial charge in [-0.1, -0.05) is 0 Å². The van der Waals surface area contributed by atoms with Gasteiger partial charge in [-0.3, -0.25) is 19.2 Å². The summed E-state index contributed by atoms with van der Waals surface area (Å²) < 4.78 is 31.5. The Morgan fingerprint density at radius 2 is 0.840 bits per heavy atom. The number of rotatable bonds is 31. The average Bonchev–Trinajstić information content (AvgIpc) is 3.28. The summed E-state index contributed by atoms with van der Waals surface area (Å²) in [6.07, 6.45) is 3.87. The number of nitrogens with two attached hydrogens (primary N) is 3. The molecule has 0 aliphatic carbocycles. The predicted molar refractivity (Wildman–Crippen MR) is 307 cm³/mol. The SMILES string of the molecule is CC(C)(C)OC(=O)NCCC[C@@H](NC(=O)OC(C)(C)C)C(=O)O.COC(C)[C@H](CCCCNC(=O)[C@@H](CCCNC(=O)OC(C)(C)C)CC(=O)OC(C)(C)C)NC(=O)OC(C)(C)C.NCCC[C@@H](N)C(=O)NCCCC[C@H](N)C(=O)O. The molecule has 0 spiro atoms. The fourth-order valence-corrected chi connectivity index (χ4v) is 6.60. The summed E-state index contributed by atoms with van der Waals surface area (Å²) in [6, 6.07) is -2.67. The van der Waals surface area contributed by atoms with E-state index in [-0.39, 0.29) is 43.3 Å². The normalized spacial score (nSPS) is 13.9. The van der Waals surface area contributed by atoms with E-state index in [1.54, 1.807) is 111 Å². The van der Waals surface area contributed by atoms with Crippen molar-refractivity contribution in [1.82, 2.24) is 31.9 Å². The van der Waals surface area contributed by atoms with Crippen LogP contribution < -0.4 is 49.1 Å². The van der Waals surface area contributed by atoms with Crippen LogP contribution in [0.3, 0.4) is 0 Å². The van der Waals surface area contributed by atoms with E-state index in [4.69, 9.17) is 55.8 Å². The molecule has 0 fully saturated rings. The van der Waals surface area contributed by atoms with Crippen molar-refractivity contribution < 1.29 is 81.8 Å². The number of methoxy groups -OCH3 is 1. The van der Waals surface area contributed by atoms with Crippen molar-refractivity contribution in [2.45, 2.75) is 253 Å². The van der Waals surface area contributed by atoms with Crippen molar-refractivity contribution in [3.63, 3.8) is 0 Å². The first kappa shape index (κ1) is 79.5. The first-order valence-electron chi connectivity index (χ1n) is 27.9. The van der Waals surface area contributed by atoms with Gasteiger partial charge in [-0.2, -0.15) is 0 Å². The quantitative estimate of drug-likeness (QED) is 0.0219. The number of hydrogen-bond acceptors (Lipinski definition) is 18. The van der Waals surface area contributed by atoms with Crippen LogP contribution in [-0.2, 0) is 52.4 Å². The fraction of sp³-hybridized carbons (Fsp3) is 0.836. The fourth-order valence-electron chi connectivity index (χ4n) is 6.60. The van der Waals surface area contributed by atoms with Gasteiger partial charge in [0.05, 0.1) is 24.6 Å². The molecule has 0 aromatic carbocycles. The van der Waals surface area contributed by atoms with Gasteiger partial charge >= 0.3 is 42.3 Å². The second-order valence-electron chi connectivity index (χ2n) is 24.4. The Morgan fingerprint density at radius 1 is 0.444 bits per heavy atom. The Morgan fingerprint density at radius 3 is 1.26 bits per heavy atom. The number of hydrogen-bond donors (Lipinski definition) is 11. The number of esters is 1. The molecule has 474 valence electrons. The van der Waals surface area contributed by atoms with Crippen molar-refractivity contribution in [2.24, 2.45) is 23.1 Å². The van der Waals surface area contributed by atoms with Gasteiger partial charge in [-0.15, -0.1) is 0 Å². The number of aliphatic carboxylic acids is 2. The molecule has 14 N–H and O–H groups in total. The summed E-state index contributed by atoms with van der Waals surface area (Å²) >= 11 is 0. The topological polar surface area (TPSA) is 400 Å². The minimum absolute atomic E-state index is 0.0528. The van der Waals surface area contributed by atoms with Gasteiger partial charge in [-0.25, -0.2) is 24.0 Å². The Kier molecular flexibility index (Phi) is 39.7. The summed E-state index contributed by atoms with van der Waals surface area (Å²) in [5, 5.41) is 33.6. The number of carboxylic acid groups (broad SMARTS) is 2. The summed E-state index contributed by atoms with van der Waals surface area (Å²) in [5.74, 6) is -3.62. The first-order chi connectivity index (χ1) is 37.0. The highest BCUT2D eigenvalue weighted by Crippen LogP contribution is 2.18. The Labute approximate surface area is 482 Å². The number of alkyl carbamates (subject to hydrolysis) is 4. The third-order valence-electron chi connectivity index (χ3n) is 10.4. The molecule has 0 aliphatic rings. The van der Waals surface area contributed by atoms with Crippen LogP contribution >= 0.6 is 0 Å². The second kappa shape index (κ2) is 40.5. The van der Waals surface area contributed by atoms with E-state index in [9.17, 15) is 43.2 Å². The monoisotopic (exact) mass is 1170 g/mol. The Balaban J connectivity index is -0.00000125. The molecular formula is C55H107N9O17. The zero-order valence-electron chi connectivity index (χ0n) is 51.9. The highest BCUT2D eigenvalue weighted by Gasteiger charge is 2.28. The highest BCUT2D eigenvalue weighted by molar-refractivity contribution is 5.84. The summed E-state index contributed by atoms with van der Waals surface area (Å²) in [7, 11) is 1.59. The molecule has 26 heteroatoms. The molecule has 0 bridgehead atoms. The van der Waals surface area contributed by atoms with Gasteiger partial charge in [0.1, 0.15) is 40.1 Å². The van der Waals surface area contributed by atoms with Gasteiger partial charge < -0.3 is 87.7 Å². The minimum atomic E-state index is -1.16. The molecule has 6 amide bonds. The van der Waals surface area contributed by atoms with Crippen molar-refractivity contribution >= 4 is 54.1 Å². The predicted octanol–water partition coefficient (Wildman–Crippen LogP) is 5.87. The smallest absolute Gasteiger partial charge is 0.408 e. The molecule has 0 radical (unpaired) electrons. The van der Waals surface area contributed by atoms with Crippen LogP contribution in [0.5, 0.6) is 0 Å². The molecule has 6 atom stereocenters. The van der Waals surface area contributed by atoms with Crippen LogP contribution in [-0.4, -0.2) is 162 Å². The van der Waals surface area contributed by atoms with Crippen LogP contribution in [0.1, 0.15) is 194 Å². The van der Waals surface area contributed by atoms with Crippen LogP contribution in [0.2, 0.25) is 0 Å². The lowest BCUT2D eigenvalue weighted by molar-refractivity contribution is -0.157. The minimum Gasteiger partial charge on any atom is -0.480 e. The van der Waals surface area contributed by atoms with E-state index in [1.807, 2.05) is 6.92 Å². The van der Waals surface area contributed by atoms with E-state index in [1.165, 1.54) is 0 Å². The van der Waals surface area contributed by atoms with E-state index < -0.39 is 94.3 Å². The lowest BCUT2D eigenvalue weighted by atomic mass is 9.98. The third-order valence-corrected chi connectivity index (χ3v) is 10.4. The van der Waals surface area contributed by atoms with Gasteiger partial charge in [0.2, 0.25) is 11.8 Å². The zero-order valence-corrected chi connectivity index (χ0v) is 51.9. The number of carbonyl (C=O) groups excluding carboxylic acids is 7. The van der Waals surface area contributed by atoms with Gasteiger partial charge in [0.15, 0.2) is 0 Å². The number of nitrogens with one attached hydrogen (secondary N) is 6. The number of unbranched alkanes of at least 4 members (excludes halogenated alkanes) is 2. The zero-order chi connectivity index (χ0) is 63.4. The summed E-state index contributed by atoms with van der Waals surface area (Å²) in [4.78, 5) is 106. The van der Waals surface area contributed by atoms with E-state index in [0.29, 0.717) is 84.0 Å². The lowest BCUT2D eigenvalue weighted by Gasteiger charge is -2.26. The Hall–Kier alpha value is -5.73. The molecule has 0 saturated heterocycles. The standard InChI is InChI=1S/C29H55N3O8.C15H28N2O6.C11H24N4O3/c1-20(37-11)22(32-26(36)40-29(8,9)10)16-12-13-17-30-24(34)21(19-23(33)38-27(2,3)4)15-14-18-31-25(35)39-28(5,6)7;1-14(2,3)22-12(20)16-9-7-8-10(11(18)19)17-13(21)23-15(4,5)6;12-6-3-5-8(13)10(16)15-7-2-1-4-9(14)11(17)18/h20-22H,12-19H2,1-11H3,(H,30,34)(H,31,35)(H,32,36);10H,7-9H2,1-6H3,(H,16,20)(H,17,21)(H,18,19);8-9H,1-7,12-14H2,(H,15,16)(H,17,18)/t20?,21-,22-;10-;8-,9+/m011/s1. The molecule has 0 aromatic rings. The third kappa shape index (κ3) is 50.9. The summed E-state index contributed by atoms with van der Waals surface area (Å²) in [6.45, 7) is 30.3. The van der Waals surface area contributed by atoms with Crippen molar-refractivity contribution in [3.8, 4) is 0 Å². The Bertz CT molecular complexity index is 1870. The van der Waals surface area contributed by atoms with E-state index >= 15 is 0 Å². The maximum atomic E-state index is 13.0. The maximum absolute atomic E-state index is 13.0. The molecule has 0 aromatic heterocycles. The average molecular weight is 1170 g/mol. The maximum Gasteiger partial charge on any atom is 0.408 e. The first-order valence-corrected chi connectivity index (χ1v) is 27.9. The largest absolute Gasteiger partial charge is 0.480 e. The van der Waals surface area contributed by atoms with E-state index in [0.717, 1.165) is 12.8 Å². The van der Waals surface area contributed by atoms with Crippen LogP contribution in [0, 0.1) is 5.92 Å².